The van der Waals surface area contributed by atoms with E-state index in [0.29, 0.717) is 26.1 Å². The number of amides is 2. The third-order valence-electron chi connectivity index (χ3n) is 4.76. The van der Waals surface area contributed by atoms with Crippen LogP contribution in [0.5, 0.6) is 0 Å². The molecule has 0 saturated carbocycles. The fraction of sp³-hybridized carbons (Fsp3) is 0.684. The molecule has 10 heteroatoms. The fourth-order valence-electron chi connectivity index (χ4n) is 3.11. The minimum Gasteiger partial charge on any atom is -0.383 e. The third kappa shape index (κ3) is 6.18. The Balaban J connectivity index is 3.07. The summed E-state index contributed by atoms with van der Waals surface area (Å²) in [6, 6.07) is 0. The van der Waals surface area contributed by atoms with E-state index in [9.17, 15) is 19.2 Å². The van der Waals surface area contributed by atoms with Gasteiger partial charge in [-0.3, -0.25) is 28.8 Å². The predicted octanol–water partition coefficient (Wildman–Crippen LogP) is 0.0720. The number of anilines is 2. The van der Waals surface area contributed by atoms with Crippen LogP contribution in [0, 0.1) is 0 Å². The van der Waals surface area contributed by atoms with Crippen LogP contribution in [0.2, 0.25) is 0 Å². The van der Waals surface area contributed by atoms with Crippen LogP contribution in [0.15, 0.2) is 9.59 Å². The molecule has 0 unspecified atom stereocenters. The summed E-state index contributed by atoms with van der Waals surface area (Å²) in [6.45, 7) is 9.28. The molecule has 0 radical (unpaired) electrons. The number of nitrogens with zero attached hydrogens (tertiary/aromatic N) is 4. The van der Waals surface area contributed by atoms with Gasteiger partial charge in [0, 0.05) is 26.2 Å². The van der Waals surface area contributed by atoms with E-state index in [0.717, 1.165) is 6.42 Å². The number of aromatic nitrogens is 2. The van der Waals surface area contributed by atoms with E-state index in [-0.39, 0.29) is 43.0 Å². The summed E-state index contributed by atoms with van der Waals surface area (Å²) < 4.78 is 1.28. The van der Waals surface area contributed by atoms with Crippen LogP contribution < -0.4 is 21.9 Å². The van der Waals surface area contributed by atoms with Gasteiger partial charge in [0.05, 0.1) is 13.1 Å². The first-order chi connectivity index (χ1) is 13.7. The standard InChI is InChI=1S/C19H34N6O4/c1-6-10-11-25-17(20)16(18(28)21-19(25)29)24(9-4)15(27)13-22(5)12-14(26)23(7-2)8-3/h6-13,20H2,1-5H3,(H,21,28,29). The number of hydrogen-bond donors (Lipinski definition) is 2. The Morgan fingerprint density at radius 1 is 1.00 bits per heavy atom. The van der Waals surface area contributed by atoms with Gasteiger partial charge in [0.25, 0.3) is 5.56 Å². The quantitative estimate of drug-likeness (QED) is 0.532. The van der Waals surface area contributed by atoms with Gasteiger partial charge in [-0.05, 0) is 34.2 Å². The van der Waals surface area contributed by atoms with E-state index in [1.807, 2.05) is 20.8 Å². The van der Waals surface area contributed by atoms with Gasteiger partial charge in [-0.15, -0.1) is 0 Å². The maximum absolute atomic E-state index is 12.9. The summed E-state index contributed by atoms with van der Waals surface area (Å²) >= 11 is 0. The molecule has 1 heterocycles. The lowest BCUT2D eigenvalue weighted by Gasteiger charge is -2.26. The first kappa shape index (κ1) is 24.4. The second-order valence-electron chi connectivity index (χ2n) is 6.87. The van der Waals surface area contributed by atoms with Crippen LogP contribution in [-0.2, 0) is 16.1 Å². The molecule has 29 heavy (non-hydrogen) atoms. The van der Waals surface area contributed by atoms with Crippen molar-refractivity contribution < 1.29 is 9.59 Å². The number of carbonyl (C=O) groups is 2. The highest BCUT2D eigenvalue weighted by molar-refractivity contribution is 5.97. The summed E-state index contributed by atoms with van der Waals surface area (Å²) in [5.41, 5.74) is 4.79. The van der Waals surface area contributed by atoms with Crippen LogP contribution in [-0.4, -0.2) is 70.9 Å². The van der Waals surface area contributed by atoms with Crippen molar-refractivity contribution in [2.45, 2.75) is 47.1 Å². The van der Waals surface area contributed by atoms with Crippen molar-refractivity contribution in [3.63, 3.8) is 0 Å². The van der Waals surface area contributed by atoms with Crippen molar-refractivity contribution in [3.05, 3.63) is 20.8 Å². The summed E-state index contributed by atoms with van der Waals surface area (Å²) in [5.74, 6) is -0.469. The lowest BCUT2D eigenvalue weighted by atomic mass is 10.3. The van der Waals surface area contributed by atoms with E-state index in [4.69, 9.17) is 5.73 Å². The van der Waals surface area contributed by atoms with Crippen LogP contribution in [0.3, 0.4) is 0 Å². The number of nitrogens with one attached hydrogen (secondary N) is 1. The van der Waals surface area contributed by atoms with Gasteiger partial charge in [0.1, 0.15) is 5.82 Å². The van der Waals surface area contributed by atoms with Gasteiger partial charge in [0.15, 0.2) is 5.69 Å². The minimum atomic E-state index is -0.697. The molecule has 0 spiro atoms. The molecule has 0 aliphatic rings. The smallest absolute Gasteiger partial charge is 0.330 e. The fourth-order valence-corrected chi connectivity index (χ4v) is 3.11. The lowest BCUT2D eigenvalue weighted by molar-refractivity contribution is -0.132. The molecule has 1 aromatic rings. The van der Waals surface area contributed by atoms with Crippen molar-refractivity contribution in [2.75, 3.05) is 50.4 Å². The Hall–Kier alpha value is -2.62. The predicted molar refractivity (Wildman–Crippen MR) is 114 cm³/mol. The molecule has 0 atom stereocenters. The molecular weight excluding hydrogens is 376 g/mol. The molecule has 164 valence electrons. The number of likely N-dealkylation sites (N-methyl/N-ethyl adjacent to an activating group) is 3. The Bertz CT molecular complexity index is 812. The maximum Gasteiger partial charge on any atom is 0.330 e. The second-order valence-corrected chi connectivity index (χ2v) is 6.87. The number of carbonyl (C=O) groups excluding carboxylic acids is 2. The Morgan fingerprint density at radius 3 is 2.10 bits per heavy atom. The summed E-state index contributed by atoms with van der Waals surface area (Å²) in [6.07, 6.45) is 1.56. The minimum absolute atomic E-state index is 0.0238. The molecule has 0 bridgehead atoms. The second kappa shape index (κ2) is 11.4. The van der Waals surface area contributed by atoms with Crippen LogP contribution in [0.1, 0.15) is 40.5 Å². The monoisotopic (exact) mass is 410 g/mol. The number of unbranched alkanes of at least 4 members (excludes halogenated alkanes) is 1. The molecule has 1 aromatic heterocycles. The van der Waals surface area contributed by atoms with E-state index in [2.05, 4.69) is 4.98 Å². The average Bonchev–Trinajstić information content (AvgIpc) is 2.65. The zero-order valence-corrected chi connectivity index (χ0v) is 18.2. The van der Waals surface area contributed by atoms with Gasteiger partial charge in [-0.2, -0.15) is 0 Å². The molecule has 10 nitrogen and oxygen atoms in total. The highest BCUT2D eigenvalue weighted by Crippen LogP contribution is 2.17. The highest BCUT2D eigenvalue weighted by Gasteiger charge is 2.24. The number of rotatable bonds is 11. The molecule has 0 aromatic carbocycles. The number of nitrogens with two attached hydrogens (primary N) is 1. The van der Waals surface area contributed by atoms with Gasteiger partial charge >= 0.3 is 5.69 Å². The van der Waals surface area contributed by atoms with Gasteiger partial charge in [0.2, 0.25) is 11.8 Å². The zero-order valence-electron chi connectivity index (χ0n) is 18.2. The summed E-state index contributed by atoms with van der Waals surface area (Å²) in [7, 11) is 1.67. The van der Waals surface area contributed by atoms with Crippen molar-refractivity contribution in [3.8, 4) is 0 Å². The molecule has 0 saturated heterocycles. The SMILES string of the molecule is CCCCn1c(N)c(N(CC)C(=O)CN(C)CC(=O)N(CC)CC)c(=O)[nH]c1=O. The number of H-pyrrole nitrogens is 1. The molecule has 3 N–H and O–H groups in total. The molecule has 2 amide bonds. The third-order valence-corrected chi connectivity index (χ3v) is 4.76. The van der Waals surface area contributed by atoms with E-state index in [1.165, 1.54) is 9.47 Å². The molecule has 0 aliphatic heterocycles. The first-order valence-corrected chi connectivity index (χ1v) is 10.1. The largest absolute Gasteiger partial charge is 0.383 e. The van der Waals surface area contributed by atoms with Crippen LogP contribution in [0.4, 0.5) is 11.5 Å². The van der Waals surface area contributed by atoms with Gasteiger partial charge < -0.3 is 15.5 Å². The maximum atomic E-state index is 12.9. The molecule has 1 rings (SSSR count). The van der Waals surface area contributed by atoms with Crippen molar-refractivity contribution in [2.24, 2.45) is 0 Å². The summed E-state index contributed by atoms with van der Waals surface area (Å²) in [4.78, 5) is 56.4. The average molecular weight is 411 g/mol. The van der Waals surface area contributed by atoms with Crippen molar-refractivity contribution in [1.29, 1.82) is 0 Å². The van der Waals surface area contributed by atoms with E-state index in [1.54, 1.807) is 23.8 Å². The van der Waals surface area contributed by atoms with E-state index >= 15 is 0 Å². The van der Waals surface area contributed by atoms with Crippen molar-refractivity contribution in [1.82, 2.24) is 19.4 Å². The molecule has 0 fully saturated rings. The highest BCUT2D eigenvalue weighted by atomic mass is 16.2. The number of hydrogen-bond acceptors (Lipinski definition) is 6. The summed E-state index contributed by atoms with van der Waals surface area (Å²) in [5, 5.41) is 0. The topological polar surface area (TPSA) is 125 Å². The first-order valence-electron chi connectivity index (χ1n) is 10.1. The number of nitrogen functional groups attached to an aromatic ring is 1. The van der Waals surface area contributed by atoms with E-state index < -0.39 is 11.2 Å². The van der Waals surface area contributed by atoms with Crippen LogP contribution in [0.25, 0.3) is 0 Å². The normalized spacial score (nSPS) is 11.0. The van der Waals surface area contributed by atoms with Crippen molar-refractivity contribution >= 4 is 23.3 Å². The van der Waals surface area contributed by atoms with Crippen LogP contribution >= 0.6 is 0 Å². The van der Waals surface area contributed by atoms with Gasteiger partial charge in [-0.25, -0.2) is 4.79 Å². The Morgan fingerprint density at radius 2 is 1.59 bits per heavy atom. The lowest BCUT2D eigenvalue weighted by Crippen LogP contribution is -2.46. The Labute approximate surface area is 171 Å². The molecular formula is C19H34N6O4. The Kier molecular flexibility index (Phi) is 9.60. The van der Waals surface area contributed by atoms with Gasteiger partial charge in [-0.1, -0.05) is 13.3 Å². The molecule has 0 aliphatic carbocycles. The number of aromatic amines is 1. The zero-order chi connectivity index (χ0) is 22.1.